The molecule has 0 aliphatic rings. The van der Waals surface area contributed by atoms with E-state index in [0.29, 0.717) is 18.2 Å². The van der Waals surface area contributed by atoms with Gasteiger partial charge in [0.25, 0.3) is 5.91 Å². The Morgan fingerprint density at radius 2 is 2.19 bits per heavy atom. The minimum Gasteiger partial charge on any atom is -0.483 e. The number of anilines is 1. The van der Waals surface area contributed by atoms with Gasteiger partial charge in [0.1, 0.15) is 5.75 Å². The lowest BCUT2D eigenvalue weighted by Crippen LogP contribution is -2.23. The maximum atomic E-state index is 11.9. The van der Waals surface area contributed by atoms with E-state index in [1.54, 1.807) is 4.68 Å². The summed E-state index contributed by atoms with van der Waals surface area (Å²) < 4.78 is 7.06. The fourth-order valence-electron chi connectivity index (χ4n) is 1.92. The van der Waals surface area contributed by atoms with Crippen LogP contribution < -0.4 is 10.1 Å². The molecule has 0 unspecified atom stereocenters. The molecule has 0 atom stereocenters. The van der Waals surface area contributed by atoms with Crippen LogP contribution in [0.5, 0.6) is 5.75 Å². The van der Waals surface area contributed by atoms with Gasteiger partial charge in [-0.2, -0.15) is 0 Å². The molecule has 1 aromatic carbocycles. The Morgan fingerprint density at radius 1 is 1.38 bits per heavy atom. The Labute approximate surface area is 123 Å². The number of carbonyl (C=O) groups excluding carboxylic acids is 1. The molecule has 0 radical (unpaired) electrons. The molecular formula is C14H19N5O2. The van der Waals surface area contributed by atoms with Crippen LogP contribution in [0.25, 0.3) is 0 Å². The monoisotopic (exact) mass is 289 g/mol. The number of nitrogens with zero attached hydrogens (tertiary/aromatic N) is 4. The molecule has 0 spiro atoms. The van der Waals surface area contributed by atoms with Crippen LogP contribution in [0.15, 0.2) is 18.2 Å². The van der Waals surface area contributed by atoms with E-state index in [1.165, 1.54) is 0 Å². The second kappa shape index (κ2) is 6.83. The lowest BCUT2D eigenvalue weighted by molar-refractivity contribution is -0.118. The molecule has 1 N–H and O–H groups in total. The third-order valence-electron chi connectivity index (χ3n) is 2.91. The van der Waals surface area contributed by atoms with Crippen LogP contribution in [0.3, 0.4) is 0 Å². The molecule has 0 aliphatic heterocycles. The Balaban J connectivity index is 1.91. The molecule has 1 aromatic heterocycles. The summed E-state index contributed by atoms with van der Waals surface area (Å²) in [5, 5.41) is 13.8. The van der Waals surface area contributed by atoms with E-state index in [4.69, 9.17) is 4.74 Å². The summed E-state index contributed by atoms with van der Waals surface area (Å²) >= 11 is 0. The van der Waals surface area contributed by atoms with Gasteiger partial charge < -0.3 is 4.74 Å². The van der Waals surface area contributed by atoms with E-state index in [2.05, 4.69) is 20.8 Å². The summed E-state index contributed by atoms with van der Waals surface area (Å²) in [5.41, 5.74) is 2.15. The van der Waals surface area contributed by atoms with Crippen molar-refractivity contribution in [1.82, 2.24) is 20.2 Å². The molecule has 0 saturated carbocycles. The summed E-state index contributed by atoms with van der Waals surface area (Å²) in [6.45, 7) is 6.54. The predicted octanol–water partition coefficient (Wildman–Crippen LogP) is 1.72. The van der Waals surface area contributed by atoms with E-state index < -0.39 is 0 Å². The number of aromatic nitrogens is 4. The zero-order valence-electron chi connectivity index (χ0n) is 12.5. The van der Waals surface area contributed by atoms with E-state index in [-0.39, 0.29) is 12.5 Å². The van der Waals surface area contributed by atoms with Gasteiger partial charge >= 0.3 is 0 Å². The highest BCUT2D eigenvalue weighted by Gasteiger charge is 2.10. The van der Waals surface area contributed by atoms with E-state index in [9.17, 15) is 4.79 Å². The molecule has 0 aliphatic carbocycles. The number of nitrogens with one attached hydrogen (secondary N) is 1. The Kier molecular flexibility index (Phi) is 4.86. The molecule has 2 aromatic rings. The summed E-state index contributed by atoms with van der Waals surface area (Å²) in [5.74, 6) is 0.747. The highest BCUT2D eigenvalue weighted by atomic mass is 16.5. The number of rotatable bonds is 6. The average molecular weight is 289 g/mol. The van der Waals surface area contributed by atoms with Crippen molar-refractivity contribution in [2.24, 2.45) is 0 Å². The zero-order valence-corrected chi connectivity index (χ0v) is 12.5. The number of aryl methyl sites for hydroxylation is 3. The quantitative estimate of drug-likeness (QED) is 0.875. The normalized spacial score (nSPS) is 10.4. The standard InChI is InChI=1S/C14H19N5O2/c1-4-7-19-14(16-17-18-19)15-13(20)9-21-12-6-5-10(2)8-11(12)3/h5-6,8H,4,7,9H2,1-3H3,(H,15,16,18,20). The molecule has 0 saturated heterocycles. The molecule has 0 bridgehead atoms. The second-order valence-corrected chi connectivity index (χ2v) is 4.83. The van der Waals surface area contributed by atoms with E-state index >= 15 is 0 Å². The lowest BCUT2D eigenvalue weighted by atomic mass is 10.1. The number of hydrogen-bond donors (Lipinski definition) is 1. The zero-order chi connectivity index (χ0) is 15.2. The van der Waals surface area contributed by atoms with Crippen LogP contribution in [-0.4, -0.2) is 32.7 Å². The van der Waals surface area contributed by atoms with Gasteiger partial charge in [-0.25, -0.2) is 4.68 Å². The van der Waals surface area contributed by atoms with Crippen LogP contribution >= 0.6 is 0 Å². The lowest BCUT2D eigenvalue weighted by Gasteiger charge is -2.09. The van der Waals surface area contributed by atoms with Crippen molar-refractivity contribution in [3.05, 3.63) is 29.3 Å². The molecule has 1 amide bonds. The van der Waals surface area contributed by atoms with E-state index in [1.807, 2.05) is 39.0 Å². The first-order chi connectivity index (χ1) is 10.1. The fourth-order valence-corrected chi connectivity index (χ4v) is 1.92. The number of hydrogen-bond acceptors (Lipinski definition) is 5. The highest BCUT2D eigenvalue weighted by Crippen LogP contribution is 2.18. The van der Waals surface area contributed by atoms with Gasteiger partial charge in [-0.05, 0) is 42.3 Å². The SMILES string of the molecule is CCCn1nnnc1NC(=O)COc1ccc(C)cc1C. The van der Waals surface area contributed by atoms with Crippen molar-refractivity contribution < 1.29 is 9.53 Å². The average Bonchev–Trinajstić information content (AvgIpc) is 2.85. The number of amides is 1. The third kappa shape index (κ3) is 4.01. The molecular weight excluding hydrogens is 270 g/mol. The Morgan fingerprint density at radius 3 is 2.90 bits per heavy atom. The van der Waals surface area contributed by atoms with Gasteiger partial charge in [-0.1, -0.05) is 29.7 Å². The number of tetrazole rings is 1. The largest absolute Gasteiger partial charge is 0.483 e. The highest BCUT2D eigenvalue weighted by molar-refractivity contribution is 5.90. The smallest absolute Gasteiger partial charge is 0.264 e. The Hall–Kier alpha value is -2.44. The molecule has 0 fully saturated rings. The molecule has 21 heavy (non-hydrogen) atoms. The molecule has 2 rings (SSSR count). The van der Waals surface area contributed by atoms with Gasteiger partial charge in [0.15, 0.2) is 6.61 Å². The van der Waals surface area contributed by atoms with Crippen molar-refractivity contribution in [2.45, 2.75) is 33.7 Å². The molecule has 112 valence electrons. The number of ether oxygens (including phenoxy) is 1. The number of carbonyl (C=O) groups is 1. The van der Waals surface area contributed by atoms with Crippen LogP contribution in [-0.2, 0) is 11.3 Å². The van der Waals surface area contributed by atoms with Gasteiger partial charge in [0.2, 0.25) is 5.95 Å². The van der Waals surface area contributed by atoms with Crippen molar-refractivity contribution in [2.75, 3.05) is 11.9 Å². The van der Waals surface area contributed by atoms with Gasteiger partial charge in [0, 0.05) is 6.54 Å². The summed E-state index contributed by atoms with van der Waals surface area (Å²) in [6, 6.07) is 5.82. The maximum Gasteiger partial charge on any atom is 0.264 e. The minimum atomic E-state index is -0.290. The predicted molar refractivity (Wildman–Crippen MR) is 78.1 cm³/mol. The first kappa shape index (κ1) is 15.0. The summed E-state index contributed by atoms with van der Waals surface area (Å²) in [6.07, 6.45) is 0.882. The maximum absolute atomic E-state index is 11.9. The number of benzene rings is 1. The van der Waals surface area contributed by atoms with Crippen molar-refractivity contribution >= 4 is 11.9 Å². The third-order valence-corrected chi connectivity index (χ3v) is 2.91. The molecule has 7 nitrogen and oxygen atoms in total. The van der Waals surface area contributed by atoms with Gasteiger partial charge in [0.05, 0.1) is 0 Å². The Bertz CT molecular complexity index is 624. The van der Waals surface area contributed by atoms with Crippen molar-refractivity contribution in [1.29, 1.82) is 0 Å². The van der Waals surface area contributed by atoms with Crippen molar-refractivity contribution in [3.63, 3.8) is 0 Å². The summed E-state index contributed by atoms with van der Waals surface area (Å²) in [4.78, 5) is 11.9. The summed E-state index contributed by atoms with van der Waals surface area (Å²) in [7, 11) is 0. The topological polar surface area (TPSA) is 81.9 Å². The van der Waals surface area contributed by atoms with Crippen LogP contribution in [0.1, 0.15) is 24.5 Å². The molecule has 1 heterocycles. The second-order valence-electron chi connectivity index (χ2n) is 4.83. The fraction of sp³-hybridized carbons (Fsp3) is 0.429. The first-order valence-electron chi connectivity index (χ1n) is 6.86. The minimum absolute atomic E-state index is 0.0805. The van der Waals surface area contributed by atoms with Crippen LogP contribution in [0.2, 0.25) is 0 Å². The van der Waals surface area contributed by atoms with Crippen LogP contribution in [0, 0.1) is 13.8 Å². The first-order valence-corrected chi connectivity index (χ1v) is 6.86. The molecule has 7 heteroatoms. The van der Waals surface area contributed by atoms with E-state index in [0.717, 1.165) is 17.5 Å². The van der Waals surface area contributed by atoms with Crippen molar-refractivity contribution in [3.8, 4) is 5.75 Å². The van der Waals surface area contributed by atoms with Crippen LogP contribution in [0.4, 0.5) is 5.95 Å². The van der Waals surface area contributed by atoms with Gasteiger partial charge in [-0.15, -0.1) is 0 Å². The van der Waals surface area contributed by atoms with Gasteiger partial charge in [-0.3, -0.25) is 10.1 Å².